The summed E-state index contributed by atoms with van der Waals surface area (Å²) in [6, 6.07) is 9.55. The molecule has 1 aliphatic rings. The SMILES string of the molecule is CN(C(=O)c1ccn(-c2ccc(N)cc2)n1)C1CCCC1. The van der Waals surface area contributed by atoms with E-state index in [9.17, 15) is 4.79 Å². The first kappa shape index (κ1) is 13.7. The van der Waals surface area contributed by atoms with Gasteiger partial charge in [0.2, 0.25) is 0 Å². The van der Waals surface area contributed by atoms with Gasteiger partial charge in [-0.25, -0.2) is 4.68 Å². The van der Waals surface area contributed by atoms with Gasteiger partial charge < -0.3 is 10.6 Å². The highest BCUT2D eigenvalue weighted by atomic mass is 16.2. The highest BCUT2D eigenvalue weighted by molar-refractivity contribution is 5.92. The number of benzene rings is 1. The summed E-state index contributed by atoms with van der Waals surface area (Å²) in [4.78, 5) is 14.3. The molecular weight excluding hydrogens is 264 g/mol. The van der Waals surface area contributed by atoms with E-state index in [1.165, 1.54) is 12.8 Å². The van der Waals surface area contributed by atoms with E-state index in [1.807, 2.05) is 36.2 Å². The average Bonchev–Trinajstić information content (AvgIpc) is 3.18. The van der Waals surface area contributed by atoms with Crippen LogP contribution in [-0.4, -0.2) is 33.7 Å². The lowest BCUT2D eigenvalue weighted by Crippen LogP contribution is -2.35. The molecule has 2 N–H and O–H groups in total. The Labute approximate surface area is 124 Å². The summed E-state index contributed by atoms with van der Waals surface area (Å²) >= 11 is 0. The van der Waals surface area contributed by atoms with Crippen molar-refractivity contribution in [2.75, 3.05) is 12.8 Å². The molecular formula is C16H20N4O. The van der Waals surface area contributed by atoms with Crippen LogP contribution >= 0.6 is 0 Å². The Balaban J connectivity index is 1.77. The number of rotatable bonds is 3. The number of aromatic nitrogens is 2. The number of nitrogens with zero attached hydrogens (tertiary/aromatic N) is 3. The van der Waals surface area contributed by atoms with Crippen LogP contribution in [0.3, 0.4) is 0 Å². The molecule has 5 heteroatoms. The van der Waals surface area contributed by atoms with Crippen LogP contribution < -0.4 is 5.73 Å². The topological polar surface area (TPSA) is 64.2 Å². The Kier molecular flexibility index (Phi) is 3.64. The molecule has 5 nitrogen and oxygen atoms in total. The molecule has 0 saturated heterocycles. The maximum absolute atomic E-state index is 12.5. The first-order valence-electron chi connectivity index (χ1n) is 7.34. The maximum Gasteiger partial charge on any atom is 0.274 e. The molecule has 110 valence electrons. The van der Waals surface area contributed by atoms with Gasteiger partial charge in [0.25, 0.3) is 5.91 Å². The summed E-state index contributed by atoms with van der Waals surface area (Å²) in [5, 5.41) is 4.39. The van der Waals surface area contributed by atoms with Gasteiger partial charge in [0.1, 0.15) is 0 Å². The van der Waals surface area contributed by atoms with Gasteiger partial charge in [-0.2, -0.15) is 5.10 Å². The van der Waals surface area contributed by atoms with E-state index in [-0.39, 0.29) is 5.91 Å². The van der Waals surface area contributed by atoms with Crippen molar-refractivity contribution >= 4 is 11.6 Å². The summed E-state index contributed by atoms with van der Waals surface area (Å²) in [7, 11) is 1.88. The van der Waals surface area contributed by atoms with Gasteiger partial charge in [0.05, 0.1) is 5.69 Å². The number of nitrogen functional groups attached to an aromatic ring is 1. The number of anilines is 1. The smallest absolute Gasteiger partial charge is 0.274 e. The largest absolute Gasteiger partial charge is 0.399 e. The molecule has 1 fully saturated rings. The third-order valence-corrected chi connectivity index (χ3v) is 4.16. The van der Waals surface area contributed by atoms with Crippen molar-refractivity contribution in [1.82, 2.24) is 14.7 Å². The zero-order chi connectivity index (χ0) is 14.8. The molecule has 0 atom stereocenters. The van der Waals surface area contributed by atoms with E-state index in [0.717, 1.165) is 18.5 Å². The normalized spacial score (nSPS) is 15.3. The number of carbonyl (C=O) groups is 1. The molecule has 21 heavy (non-hydrogen) atoms. The summed E-state index contributed by atoms with van der Waals surface area (Å²) in [6.07, 6.45) is 6.42. The molecule has 0 bridgehead atoms. The molecule has 0 spiro atoms. The number of nitrogens with two attached hydrogens (primary N) is 1. The zero-order valence-corrected chi connectivity index (χ0v) is 12.2. The molecule has 1 aliphatic carbocycles. The van der Waals surface area contributed by atoms with Gasteiger partial charge >= 0.3 is 0 Å². The van der Waals surface area contributed by atoms with Crippen LogP contribution in [0.5, 0.6) is 0 Å². The number of carbonyl (C=O) groups excluding carboxylic acids is 1. The molecule has 1 aromatic carbocycles. The summed E-state index contributed by atoms with van der Waals surface area (Å²) < 4.78 is 1.70. The van der Waals surface area contributed by atoms with E-state index in [2.05, 4.69) is 5.10 Å². The molecule has 1 saturated carbocycles. The Morgan fingerprint density at radius 3 is 2.57 bits per heavy atom. The number of amides is 1. The fourth-order valence-corrected chi connectivity index (χ4v) is 2.85. The second-order valence-electron chi connectivity index (χ2n) is 5.59. The van der Waals surface area contributed by atoms with Crippen LogP contribution in [0, 0.1) is 0 Å². The molecule has 1 heterocycles. The monoisotopic (exact) mass is 284 g/mol. The molecule has 0 unspecified atom stereocenters. The van der Waals surface area contributed by atoms with Gasteiger partial charge in [-0.3, -0.25) is 4.79 Å². The Bertz CT molecular complexity index is 626. The van der Waals surface area contributed by atoms with Gasteiger partial charge in [0, 0.05) is 25.0 Å². The summed E-state index contributed by atoms with van der Waals surface area (Å²) in [5.74, 6) is -0.00362. The van der Waals surface area contributed by atoms with Crippen LogP contribution in [-0.2, 0) is 0 Å². The van der Waals surface area contributed by atoms with Crippen molar-refractivity contribution in [1.29, 1.82) is 0 Å². The van der Waals surface area contributed by atoms with Gasteiger partial charge in [-0.05, 0) is 43.2 Å². The lowest BCUT2D eigenvalue weighted by atomic mass is 10.2. The van der Waals surface area contributed by atoms with Crippen LogP contribution in [0.2, 0.25) is 0 Å². The van der Waals surface area contributed by atoms with Crippen molar-refractivity contribution in [3.8, 4) is 5.69 Å². The first-order chi connectivity index (χ1) is 10.1. The molecule has 1 aromatic heterocycles. The predicted molar refractivity (Wildman–Crippen MR) is 82.3 cm³/mol. The minimum Gasteiger partial charge on any atom is -0.399 e. The molecule has 3 rings (SSSR count). The zero-order valence-electron chi connectivity index (χ0n) is 12.2. The van der Waals surface area contributed by atoms with E-state index in [1.54, 1.807) is 16.9 Å². The lowest BCUT2D eigenvalue weighted by Gasteiger charge is -2.23. The van der Waals surface area contributed by atoms with Crippen molar-refractivity contribution in [3.05, 3.63) is 42.2 Å². The minimum absolute atomic E-state index is 0.00362. The van der Waals surface area contributed by atoms with Crippen molar-refractivity contribution in [2.45, 2.75) is 31.7 Å². The standard InChI is InChI=1S/C16H20N4O/c1-19(13-4-2-3-5-13)16(21)15-10-11-20(18-15)14-8-6-12(17)7-9-14/h6-11,13H,2-5,17H2,1H3. The van der Waals surface area contributed by atoms with E-state index in [0.29, 0.717) is 17.4 Å². The van der Waals surface area contributed by atoms with Gasteiger partial charge in [-0.1, -0.05) is 12.8 Å². The van der Waals surface area contributed by atoms with Crippen LogP contribution in [0.4, 0.5) is 5.69 Å². The predicted octanol–water partition coefficient (Wildman–Crippen LogP) is 2.47. The molecule has 0 radical (unpaired) electrons. The Hall–Kier alpha value is -2.30. The third-order valence-electron chi connectivity index (χ3n) is 4.16. The fraction of sp³-hybridized carbons (Fsp3) is 0.375. The number of hydrogen-bond acceptors (Lipinski definition) is 3. The van der Waals surface area contributed by atoms with E-state index in [4.69, 9.17) is 5.73 Å². The number of hydrogen-bond donors (Lipinski definition) is 1. The van der Waals surface area contributed by atoms with Crippen LogP contribution in [0.25, 0.3) is 5.69 Å². The summed E-state index contributed by atoms with van der Waals surface area (Å²) in [6.45, 7) is 0. The van der Waals surface area contributed by atoms with Crippen LogP contribution in [0.15, 0.2) is 36.5 Å². The van der Waals surface area contributed by atoms with Gasteiger partial charge in [0.15, 0.2) is 5.69 Å². The van der Waals surface area contributed by atoms with Crippen LogP contribution in [0.1, 0.15) is 36.2 Å². The average molecular weight is 284 g/mol. The second kappa shape index (κ2) is 5.60. The van der Waals surface area contributed by atoms with Crippen molar-refractivity contribution in [2.24, 2.45) is 0 Å². The van der Waals surface area contributed by atoms with E-state index >= 15 is 0 Å². The Morgan fingerprint density at radius 1 is 1.24 bits per heavy atom. The highest BCUT2D eigenvalue weighted by Crippen LogP contribution is 2.23. The van der Waals surface area contributed by atoms with Gasteiger partial charge in [-0.15, -0.1) is 0 Å². The fourth-order valence-electron chi connectivity index (χ4n) is 2.85. The van der Waals surface area contributed by atoms with Crippen molar-refractivity contribution in [3.63, 3.8) is 0 Å². The maximum atomic E-state index is 12.5. The van der Waals surface area contributed by atoms with E-state index < -0.39 is 0 Å². The first-order valence-corrected chi connectivity index (χ1v) is 7.34. The second-order valence-corrected chi connectivity index (χ2v) is 5.59. The molecule has 1 amide bonds. The Morgan fingerprint density at radius 2 is 1.90 bits per heavy atom. The molecule has 2 aromatic rings. The third kappa shape index (κ3) is 2.77. The molecule has 0 aliphatic heterocycles. The lowest BCUT2D eigenvalue weighted by molar-refractivity contribution is 0.0728. The quantitative estimate of drug-likeness (QED) is 0.881. The minimum atomic E-state index is -0.00362. The summed E-state index contributed by atoms with van der Waals surface area (Å²) in [5.41, 5.74) is 7.77. The highest BCUT2D eigenvalue weighted by Gasteiger charge is 2.25. The van der Waals surface area contributed by atoms with Crippen molar-refractivity contribution < 1.29 is 4.79 Å².